The fraction of sp³-hybridized carbons (Fsp3) is 0. The quantitative estimate of drug-likeness (QED) is 0.145. The van der Waals surface area contributed by atoms with Gasteiger partial charge in [0.15, 0.2) is 0 Å². The minimum Gasteiger partial charge on any atom is -0.367 e. The molecule has 0 unspecified atom stereocenters. The van der Waals surface area contributed by atoms with Crippen molar-refractivity contribution < 1.29 is 0 Å². The SMILES string of the molecule is Br.N=NN(N)C(=N)N. The molecular weight excluding hydrogens is 176 g/mol. The van der Waals surface area contributed by atoms with Crippen LogP contribution in [0, 0.1) is 10.9 Å². The van der Waals surface area contributed by atoms with E-state index in [2.05, 4.69) is 5.22 Å². The Kier molecular flexibility index (Phi) is 5.77. The fourth-order valence-electron chi connectivity index (χ4n) is 0.0539. The third-order valence-corrected chi connectivity index (χ3v) is 0.355. The summed E-state index contributed by atoms with van der Waals surface area (Å²) in [4.78, 5) is 0. The first-order valence-electron chi connectivity index (χ1n) is 1.44. The van der Waals surface area contributed by atoms with Crippen LogP contribution >= 0.6 is 17.0 Å². The van der Waals surface area contributed by atoms with Gasteiger partial charge in [0.2, 0.25) is 5.96 Å². The average molecular weight is 183 g/mol. The fourth-order valence-corrected chi connectivity index (χ4v) is 0.0539. The molecule has 0 aliphatic heterocycles. The second kappa shape index (κ2) is 4.47. The molecule has 0 aromatic carbocycles. The Labute approximate surface area is 56.6 Å². The molecule has 0 spiro atoms. The molecule has 0 aliphatic rings. The number of guanidine groups is 1. The van der Waals surface area contributed by atoms with E-state index in [1.807, 2.05) is 0 Å². The van der Waals surface area contributed by atoms with Gasteiger partial charge >= 0.3 is 0 Å². The van der Waals surface area contributed by atoms with E-state index in [0.717, 1.165) is 0 Å². The second-order valence-electron chi connectivity index (χ2n) is 0.830. The van der Waals surface area contributed by atoms with Crippen LogP contribution < -0.4 is 11.6 Å². The standard InChI is InChI=1S/CH6N6.BrH/c2-1(3)7(5)6-4;/h4H,5H2,(H3,2,3);1H. The highest BCUT2D eigenvalue weighted by molar-refractivity contribution is 8.93. The van der Waals surface area contributed by atoms with Gasteiger partial charge in [-0.05, 0) is 0 Å². The molecule has 0 fully saturated rings. The molecule has 0 saturated heterocycles. The van der Waals surface area contributed by atoms with Gasteiger partial charge in [-0.3, -0.25) is 5.41 Å². The van der Waals surface area contributed by atoms with E-state index >= 15 is 0 Å². The maximum atomic E-state index is 6.47. The lowest BCUT2D eigenvalue weighted by Crippen LogP contribution is -2.36. The predicted molar refractivity (Wildman–Crippen MR) is 33.4 cm³/mol. The van der Waals surface area contributed by atoms with Crippen LogP contribution in [0.1, 0.15) is 0 Å². The zero-order chi connectivity index (χ0) is 5.86. The van der Waals surface area contributed by atoms with Crippen LogP contribution in [0.3, 0.4) is 0 Å². The van der Waals surface area contributed by atoms with Crippen LogP contribution in [-0.4, -0.2) is 11.1 Å². The van der Waals surface area contributed by atoms with Crippen molar-refractivity contribution in [3.8, 4) is 0 Å². The molecular formula is CH7BrN6. The van der Waals surface area contributed by atoms with E-state index in [-0.39, 0.29) is 17.0 Å². The summed E-state index contributed by atoms with van der Waals surface area (Å²) >= 11 is 0. The lowest BCUT2D eigenvalue weighted by Gasteiger charge is -2.02. The van der Waals surface area contributed by atoms with Crippen LogP contribution in [-0.2, 0) is 0 Å². The summed E-state index contributed by atoms with van der Waals surface area (Å²) in [5, 5.41) is 9.51. The summed E-state index contributed by atoms with van der Waals surface area (Å²) in [5.74, 6) is 4.30. The number of rotatable bonds is 1. The number of halogens is 1. The highest BCUT2D eigenvalue weighted by Gasteiger charge is 1.90. The minimum atomic E-state index is -0.449. The monoisotopic (exact) mass is 182 g/mol. The van der Waals surface area contributed by atoms with Crippen molar-refractivity contribution in [1.82, 2.24) is 5.12 Å². The first-order valence-corrected chi connectivity index (χ1v) is 1.44. The lowest BCUT2D eigenvalue weighted by molar-refractivity contribution is 0.416. The molecule has 0 bridgehead atoms. The van der Waals surface area contributed by atoms with Crippen molar-refractivity contribution in [3.05, 3.63) is 0 Å². The van der Waals surface area contributed by atoms with Crippen molar-refractivity contribution in [1.29, 1.82) is 10.9 Å². The topological polar surface area (TPSA) is 115 Å². The highest BCUT2D eigenvalue weighted by Crippen LogP contribution is 1.68. The molecule has 0 atom stereocenters. The van der Waals surface area contributed by atoms with Crippen LogP contribution in [0.4, 0.5) is 0 Å². The van der Waals surface area contributed by atoms with E-state index in [1.165, 1.54) is 0 Å². The van der Waals surface area contributed by atoms with Crippen LogP contribution in [0.5, 0.6) is 0 Å². The molecule has 0 aromatic heterocycles. The van der Waals surface area contributed by atoms with Gasteiger partial charge in [-0.15, -0.1) is 22.1 Å². The molecule has 0 saturated carbocycles. The van der Waals surface area contributed by atoms with Crippen LogP contribution in [0.25, 0.3) is 0 Å². The molecule has 48 valence electrons. The van der Waals surface area contributed by atoms with Crippen molar-refractivity contribution >= 4 is 22.9 Å². The summed E-state index contributed by atoms with van der Waals surface area (Å²) in [6.45, 7) is 0. The van der Waals surface area contributed by atoms with Crippen molar-refractivity contribution in [2.45, 2.75) is 0 Å². The minimum absolute atomic E-state index is 0. The largest absolute Gasteiger partial charge is 0.367 e. The normalized spacial score (nSPS) is 6.62. The Morgan fingerprint density at radius 3 is 2.00 bits per heavy atom. The Hall–Kier alpha value is -0.690. The molecule has 0 aliphatic carbocycles. The molecule has 8 heavy (non-hydrogen) atoms. The summed E-state index contributed by atoms with van der Waals surface area (Å²) in [6, 6.07) is 0. The molecule has 6 nitrogen and oxygen atoms in total. The van der Waals surface area contributed by atoms with Gasteiger partial charge in [0.25, 0.3) is 0 Å². The Morgan fingerprint density at radius 1 is 1.62 bits per heavy atom. The number of hydrazine groups is 1. The lowest BCUT2D eigenvalue weighted by atomic mass is 11.1. The molecule has 7 heteroatoms. The van der Waals surface area contributed by atoms with Gasteiger partial charge in [-0.1, -0.05) is 5.22 Å². The number of hydrogen-bond donors (Lipinski definition) is 4. The maximum Gasteiger partial charge on any atom is 0.226 e. The van der Waals surface area contributed by atoms with Crippen molar-refractivity contribution in [2.75, 3.05) is 0 Å². The van der Waals surface area contributed by atoms with Gasteiger partial charge in [-0.25, -0.2) is 5.84 Å². The average Bonchev–Trinajstić information content (AvgIpc) is 1.65. The zero-order valence-corrected chi connectivity index (χ0v) is 5.67. The molecule has 0 rings (SSSR count). The highest BCUT2D eigenvalue weighted by atomic mass is 79.9. The van der Waals surface area contributed by atoms with Gasteiger partial charge in [0.05, 0.1) is 0 Å². The van der Waals surface area contributed by atoms with Gasteiger partial charge in [-0.2, -0.15) is 5.53 Å². The number of nitrogens with two attached hydrogens (primary N) is 2. The second-order valence-corrected chi connectivity index (χ2v) is 0.830. The van der Waals surface area contributed by atoms with E-state index in [1.54, 1.807) is 0 Å². The third-order valence-electron chi connectivity index (χ3n) is 0.355. The van der Waals surface area contributed by atoms with E-state index < -0.39 is 5.96 Å². The molecule has 0 radical (unpaired) electrons. The summed E-state index contributed by atoms with van der Waals surface area (Å²) < 4.78 is 0. The van der Waals surface area contributed by atoms with Crippen molar-refractivity contribution in [3.63, 3.8) is 0 Å². The zero-order valence-electron chi connectivity index (χ0n) is 3.96. The smallest absolute Gasteiger partial charge is 0.226 e. The van der Waals surface area contributed by atoms with Gasteiger partial charge < -0.3 is 5.73 Å². The molecule has 0 heterocycles. The predicted octanol–water partition coefficient (Wildman–Crippen LogP) is -0.421. The maximum absolute atomic E-state index is 6.47. The van der Waals surface area contributed by atoms with Crippen LogP contribution in [0.2, 0.25) is 0 Å². The van der Waals surface area contributed by atoms with E-state index in [9.17, 15) is 0 Å². The molecule has 0 aromatic rings. The van der Waals surface area contributed by atoms with Crippen LogP contribution in [0.15, 0.2) is 5.22 Å². The Morgan fingerprint density at radius 2 is 2.00 bits per heavy atom. The molecule has 6 N–H and O–H groups in total. The van der Waals surface area contributed by atoms with E-state index in [0.29, 0.717) is 5.12 Å². The van der Waals surface area contributed by atoms with Gasteiger partial charge in [0, 0.05) is 0 Å². The first-order chi connectivity index (χ1) is 3.18. The Balaban J connectivity index is 0. The van der Waals surface area contributed by atoms with Crippen molar-refractivity contribution in [2.24, 2.45) is 16.8 Å². The summed E-state index contributed by atoms with van der Waals surface area (Å²) in [5.41, 5.74) is 10.9. The van der Waals surface area contributed by atoms with Gasteiger partial charge in [0.1, 0.15) is 0 Å². The third kappa shape index (κ3) is 3.50. The first kappa shape index (κ1) is 10.3. The Bertz CT molecular complexity index is 88.5. The number of nitrogens with zero attached hydrogens (tertiary/aromatic N) is 2. The summed E-state index contributed by atoms with van der Waals surface area (Å²) in [6.07, 6.45) is 0. The summed E-state index contributed by atoms with van der Waals surface area (Å²) in [7, 11) is 0. The number of nitrogens with one attached hydrogen (secondary N) is 2. The number of hydrogen-bond acceptors (Lipinski definition) is 4. The molecule has 0 amide bonds. The van der Waals surface area contributed by atoms with E-state index in [4.69, 9.17) is 22.5 Å².